The summed E-state index contributed by atoms with van der Waals surface area (Å²) in [5, 5.41) is 0.304. The molecule has 0 radical (unpaired) electrons. The van der Waals surface area contributed by atoms with Crippen LogP contribution in [0.15, 0.2) is 23.4 Å². The standard InChI is InChI=1S/C21H44OSi2/c1-10-11-12-13-16-20(19-23(5,6)7)17-14-15-18-22-24(8,9)21(2,3)4/h14,17,19H,10-13,15-16,18H2,1-9H3/b17-14+,20-19+. The Morgan fingerprint density at radius 1 is 0.958 bits per heavy atom. The predicted molar refractivity (Wildman–Crippen MR) is 117 cm³/mol. The van der Waals surface area contributed by atoms with Gasteiger partial charge >= 0.3 is 0 Å². The van der Waals surface area contributed by atoms with Crippen LogP contribution in [-0.2, 0) is 4.43 Å². The molecule has 0 spiro atoms. The van der Waals surface area contributed by atoms with Crippen molar-refractivity contribution in [3.05, 3.63) is 23.4 Å². The minimum atomic E-state index is -1.59. The van der Waals surface area contributed by atoms with Gasteiger partial charge in [0.05, 0.1) is 8.07 Å². The molecule has 142 valence electrons. The highest BCUT2D eigenvalue weighted by Crippen LogP contribution is 2.36. The van der Waals surface area contributed by atoms with Gasteiger partial charge in [-0.3, -0.25) is 0 Å². The number of unbranched alkanes of at least 4 members (excludes halogenated alkanes) is 3. The molecule has 0 aliphatic carbocycles. The summed E-state index contributed by atoms with van der Waals surface area (Å²) < 4.78 is 6.27. The van der Waals surface area contributed by atoms with Crippen molar-refractivity contribution in [2.24, 2.45) is 0 Å². The van der Waals surface area contributed by atoms with Crippen molar-refractivity contribution in [2.45, 2.75) is 104 Å². The normalized spacial score (nSPS) is 14.6. The molecule has 0 aromatic rings. The van der Waals surface area contributed by atoms with E-state index in [1.165, 1.54) is 32.1 Å². The molecular formula is C21H44OSi2. The van der Waals surface area contributed by atoms with Gasteiger partial charge < -0.3 is 4.43 Å². The van der Waals surface area contributed by atoms with Crippen LogP contribution < -0.4 is 0 Å². The average Bonchev–Trinajstić information content (AvgIpc) is 2.39. The highest BCUT2D eigenvalue weighted by molar-refractivity contribution is 6.81. The molecule has 0 saturated heterocycles. The van der Waals surface area contributed by atoms with Crippen molar-refractivity contribution >= 4 is 16.4 Å². The van der Waals surface area contributed by atoms with Crippen LogP contribution in [0.4, 0.5) is 0 Å². The van der Waals surface area contributed by atoms with Gasteiger partial charge in [-0.15, -0.1) is 0 Å². The third-order valence-electron chi connectivity index (χ3n) is 4.82. The summed E-state index contributed by atoms with van der Waals surface area (Å²) in [5.74, 6) is 0. The zero-order valence-corrected chi connectivity index (χ0v) is 20.1. The molecule has 0 aromatic heterocycles. The number of hydrogen-bond donors (Lipinski definition) is 0. The van der Waals surface area contributed by atoms with Crippen LogP contribution >= 0.6 is 0 Å². The van der Waals surface area contributed by atoms with Crippen molar-refractivity contribution in [3.8, 4) is 0 Å². The molecule has 3 heteroatoms. The minimum absolute atomic E-state index is 0.304. The fourth-order valence-corrected chi connectivity index (χ4v) is 4.76. The van der Waals surface area contributed by atoms with Crippen molar-refractivity contribution in [1.82, 2.24) is 0 Å². The van der Waals surface area contributed by atoms with Crippen LogP contribution in [0.5, 0.6) is 0 Å². The Morgan fingerprint density at radius 2 is 1.58 bits per heavy atom. The van der Waals surface area contributed by atoms with Crippen LogP contribution in [0.2, 0.25) is 37.8 Å². The summed E-state index contributed by atoms with van der Waals surface area (Å²) in [5.41, 5.74) is 4.13. The van der Waals surface area contributed by atoms with Crippen LogP contribution in [0.1, 0.15) is 66.2 Å². The Balaban J connectivity index is 4.48. The number of hydrogen-bond acceptors (Lipinski definition) is 1. The quantitative estimate of drug-likeness (QED) is 0.206. The summed E-state index contributed by atoms with van der Waals surface area (Å²) in [7, 11) is -2.74. The van der Waals surface area contributed by atoms with Gasteiger partial charge in [0, 0.05) is 6.61 Å². The Kier molecular flexibility index (Phi) is 10.7. The monoisotopic (exact) mass is 368 g/mol. The lowest BCUT2D eigenvalue weighted by atomic mass is 10.1. The second-order valence-electron chi connectivity index (χ2n) is 9.70. The molecule has 0 aliphatic rings. The van der Waals surface area contributed by atoms with E-state index in [2.05, 4.69) is 78.3 Å². The molecule has 0 aromatic carbocycles. The topological polar surface area (TPSA) is 9.23 Å². The molecule has 1 nitrogen and oxygen atoms in total. The minimum Gasteiger partial charge on any atom is -0.417 e. The SMILES string of the molecule is CCCCCCC(/C=C/CCO[Si](C)(C)C(C)(C)C)=C\[Si](C)(C)C. The van der Waals surface area contributed by atoms with E-state index in [1.54, 1.807) is 5.57 Å². The van der Waals surface area contributed by atoms with Crippen molar-refractivity contribution in [1.29, 1.82) is 0 Å². The van der Waals surface area contributed by atoms with Crippen molar-refractivity contribution in [3.63, 3.8) is 0 Å². The first kappa shape index (κ1) is 23.9. The van der Waals surface area contributed by atoms with Gasteiger partial charge in [0.25, 0.3) is 0 Å². The Hall–Kier alpha value is -0.126. The predicted octanol–water partition coefficient (Wildman–Crippen LogP) is 7.73. The molecule has 0 rings (SSSR count). The van der Waals surface area contributed by atoms with Crippen molar-refractivity contribution < 1.29 is 4.43 Å². The molecule has 0 fully saturated rings. The Labute approximate surface area is 155 Å². The first-order chi connectivity index (χ1) is 10.9. The maximum atomic E-state index is 6.27. The lowest BCUT2D eigenvalue weighted by Crippen LogP contribution is -2.40. The summed E-state index contributed by atoms with van der Waals surface area (Å²) in [6.45, 7) is 22.0. The Morgan fingerprint density at radius 3 is 2.08 bits per heavy atom. The lowest BCUT2D eigenvalue weighted by Gasteiger charge is -2.36. The molecule has 0 N–H and O–H groups in total. The summed E-state index contributed by atoms with van der Waals surface area (Å²) in [6.07, 6.45) is 12.3. The molecule has 0 saturated carbocycles. The molecule has 0 amide bonds. The lowest BCUT2D eigenvalue weighted by molar-refractivity contribution is 0.294. The van der Waals surface area contributed by atoms with Gasteiger partial charge in [0.1, 0.15) is 0 Å². The zero-order chi connectivity index (χ0) is 18.9. The molecule has 24 heavy (non-hydrogen) atoms. The summed E-state index contributed by atoms with van der Waals surface area (Å²) in [4.78, 5) is 0. The van der Waals surface area contributed by atoms with Crippen molar-refractivity contribution in [2.75, 3.05) is 6.61 Å². The van der Waals surface area contributed by atoms with E-state index >= 15 is 0 Å². The highest BCUT2D eigenvalue weighted by atomic mass is 28.4. The van der Waals surface area contributed by atoms with Gasteiger partial charge in [-0.2, -0.15) is 0 Å². The van der Waals surface area contributed by atoms with E-state index in [1.807, 2.05) is 0 Å². The number of rotatable bonds is 11. The molecule has 0 heterocycles. The van der Waals surface area contributed by atoms with Gasteiger partial charge in [-0.25, -0.2) is 0 Å². The summed E-state index contributed by atoms with van der Waals surface area (Å²) in [6, 6.07) is 0. The van der Waals surface area contributed by atoms with Gasteiger partial charge in [0.2, 0.25) is 0 Å². The van der Waals surface area contributed by atoms with E-state index in [-0.39, 0.29) is 0 Å². The second kappa shape index (κ2) is 10.8. The zero-order valence-electron chi connectivity index (χ0n) is 18.1. The van der Waals surface area contributed by atoms with Gasteiger partial charge in [0.15, 0.2) is 8.32 Å². The van der Waals surface area contributed by atoms with E-state index in [0.29, 0.717) is 5.04 Å². The van der Waals surface area contributed by atoms with E-state index in [0.717, 1.165) is 13.0 Å². The Bertz CT molecular complexity index is 395. The first-order valence-corrected chi connectivity index (χ1v) is 16.4. The fraction of sp³-hybridized carbons (Fsp3) is 0.810. The summed E-state index contributed by atoms with van der Waals surface area (Å²) >= 11 is 0. The smallest absolute Gasteiger partial charge is 0.191 e. The molecule has 0 bridgehead atoms. The first-order valence-electron chi connectivity index (χ1n) is 9.91. The van der Waals surface area contributed by atoms with Crippen LogP contribution in [0.25, 0.3) is 0 Å². The third-order valence-corrected chi connectivity index (χ3v) is 10.6. The maximum absolute atomic E-state index is 6.27. The van der Waals surface area contributed by atoms with Crippen LogP contribution in [-0.4, -0.2) is 23.0 Å². The fourth-order valence-electron chi connectivity index (χ4n) is 2.35. The second-order valence-corrected chi connectivity index (χ2v) is 19.5. The van der Waals surface area contributed by atoms with E-state index in [9.17, 15) is 0 Å². The average molecular weight is 369 g/mol. The number of allylic oxidation sites excluding steroid dienone is 2. The van der Waals surface area contributed by atoms with E-state index in [4.69, 9.17) is 4.43 Å². The largest absolute Gasteiger partial charge is 0.417 e. The molecule has 0 atom stereocenters. The maximum Gasteiger partial charge on any atom is 0.191 e. The van der Waals surface area contributed by atoms with E-state index < -0.39 is 16.4 Å². The van der Waals surface area contributed by atoms with Crippen LogP contribution in [0, 0.1) is 0 Å². The third kappa shape index (κ3) is 11.4. The molecular weight excluding hydrogens is 324 g/mol. The van der Waals surface area contributed by atoms with Gasteiger partial charge in [-0.1, -0.05) is 90.0 Å². The molecule has 0 aliphatic heterocycles. The molecule has 0 unspecified atom stereocenters. The highest BCUT2D eigenvalue weighted by Gasteiger charge is 2.36. The van der Waals surface area contributed by atoms with Crippen LogP contribution in [0.3, 0.4) is 0 Å². The van der Waals surface area contributed by atoms with Gasteiger partial charge in [-0.05, 0) is 37.4 Å².